The van der Waals surface area contributed by atoms with Gasteiger partial charge in [0.1, 0.15) is 0 Å². The highest BCUT2D eigenvalue weighted by atomic mass is 32.1. The molecule has 2 heteroatoms. The van der Waals surface area contributed by atoms with E-state index < -0.39 is 0 Å². The molecular formula is C10H17NS. The van der Waals surface area contributed by atoms with Gasteiger partial charge in [-0.05, 0) is 42.3 Å². The van der Waals surface area contributed by atoms with Crippen LogP contribution in [0.15, 0.2) is 16.8 Å². The lowest BCUT2D eigenvalue weighted by Gasteiger charge is -2.13. The van der Waals surface area contributed by atoms with E-state index >= 15 is 0 Å². The summed E-state index contributed by atoms with van der Waals surface area (Å²) in [5.74, 6) is 0. The SMILES string of the molecule is CCCC(Cc1ccsc1)NC. The number of nitrogens with one attached hydrogen (secondary N) is 1. The van der Waals surface area contributed by atoms with Crippen molar-refractivity contribution in [2.75, 3.05) is 7.05 Å². The van der Waals surface area contributed by atoms with E-state index in [1.807, 2.05) is 7.05 Å². The lowest BCUT2D eigenvalue weighted by atomic mass is 10.1. The molecular weight excluding hydrogens is 166 g/mol. The lowest BCUT2D eigenvalue weighted by Crippen LogP contribution is -2.26. The summed E-state index contributed by atoms with van der Waals surface area (Å²) in [5, 5.41) is 7.73. The molecule has 0 spiro atoms. The Hall–Kier alpha value is -0.340. The first-order valence-electron chi connectivity index (χ1n) is 4.55. The number of hydrogen-bond acceptors (Lipinski definition) is 2. The normalized spacial score (nSPS) is 13.2. The third-order valence-electron chi connectivity index (χ3n) is 2.11. The molecule has 1 aromatic rings. The first kappa shape index (κ1) is 9.75. The van der Waals surface area contributed by atoms with Gasteiger partial charge >= 0.3 is 0 Å². The minimum absolute atomic E-state index is 0.657. The quantitative estimate of drug-likeness (QED) is 0.740. The number of rotatable bonds is 5. The van der Waals surface area contributed by atoms with Gasteiger partial charge in [0.15, 0.2) is 0 Å². The van der Waals surface area contributed by atoms with Crippen LogP contribution in [-0.4, -0.2) is 13.1 Å². The van der Waals surface area contributed by atoms with Gasteiger partial charge in [-0.2, -0.15) is 11.3 Å². The Morgan fingerprint density at radius 1 is 1.58 bits per heavy atom. The van der Waals surface area contributed by atoms with Crippen molar-refractivity contribution in [2.24, 2.45) is 0 Å². The summed E-state index contributed by atoms with van der Waals surface area (Å²) in [5.41, 5.74) is 1.47. The summed E-state index contributed by atoms with van der Waals surface area (Å²) in [6, 6.07) is 2.87. The van der Waals surface area contributed by atoms with E-state index in [0.29, 0.717) is 6.04 Å². The maximum atomic E-state index is 3.35. The maximum absolute atomic E-state index is 3.35. The molecule has 1 atom stereocenters. The predicted octanol–water partition coefficient (Wildman–Crippen LogP) is 2.68. The topological polar surface area (TPSA) is 12.0 Å². The van der Waals surface area contributed by atoms with Crippen LogP contribution in [-0.2, 0) is 6.42 Å². The highest BCUT2D eigenvalue weighted by Gasteiger charge is 2.05. The molecule has 0 bridgehead atoms. The molecule has 1 rings (SSSR count). The zero-order valence-electron chi connectivity index (χ0n) is 7.84. The van der Waals surface area contributed by atoms with Crippen LogP contribution in [0.4, 0.5) is 0 Å². The molecule has 1 heterocycles. The molecule has 12 heavy (non-hydrogen) atoms. The fourth-order valence-electron chi connectivity index (χ4n) is 1.39. The molecule has 0 amide bonds. The van der Waals surface area contributed by atoms with Gasteiger partial charge in [0, 0.05) is 6.04 Å². The molecule has 1 N–H and O–H groups in total. The summed E-state index contributed by atoms with van der Waals surface area (Å²) in [6.45, 7) is 2.23. The van der Waals surface area contributed by atoms with Gasteiger partial charge in [0.05, 0.1) is 0 Å². The second-order valence-corrected chi connectivity index (χ2v) is 3.89. The van der Waals surface area contributed by atoms with Crippen LogP contribution in [0.2, 0.25) is 0 Å². The van der Waals surface area contributed by atoms with E-state index in [-0.39, 0.29) is 0 Å². The Bertz CT molecular complexity index is 194. The average Bonchev–Trinajstić information content (AvgIpc) is 2.56. The van der Waals surface area contributed by atoms with E-state index in [1.54, 1.807) is 11.3 Å². The van der Waals surface area contributed by atoms with Gasteiger partial charge in [-0.15, -0.1) is 0 Å². The van der Waals surface area contributed by atoms with Crippen molar-refractivity contribution in [1.82, 2.24) is 5.32 Å². The Balaban J connectivity index is 2.37. The second kappa shape index (κ2) is 5.33. The van der Waals surface area contributed by atoms with Gasteiger partial charge < -0.3 is 5.32 Å². The van der Waals surface area contributed by atoms with Gasteiger partial charge in [-0.3, -0.25) is 0 Å². The van der Waals surface area contributed by atoms with E-state index in [9.17, 15) is 0 Å². The standard InChI is InChI=1S/C10H17NS/c1-3-4-10(11-2)7-9-5-6-12-8-9/h5-6,8,10-11H,3-4,7H2,1-2H3. The van der Waals surface area contributed by atoms with Crippen LogP contribution in [0, 0.1) is 0 Å². The first-order valence-corrected chi connectivity index (χ1v) is 5.49. The largest absolute Gasteiger partial charge is 0.317 e. The van der Waals surface area contributed by atoms with Crippen molar-refractivity contribution < 1.29 is 0 Å². The zero-order chi connectivity index (χ0) is 8.81. The van der Waals surface area contributed by atoms with Crippen molar-refractivity contribution in [3.8, 4) is 0 Å². The summed E-state index contributed by atoms with van der Waals surface area (Å²) in [6.07, 6.45) is 3.70. The molecule has 0 fully saturated rings. The lowest BCUT2D eigenvalue weighted by molar-refractivity contribution is 0.514. The molecule has 0 radical (unpaired) electrons. The predicted molar refractivity (Wildman–Crippen MR) is 55.8 cm³/mol. The minimum Gasteiger partial charge on any atom is -0.317 e. The van der Waals surface area contributed by atoms with Gasteiger partial charge in [-0.25, -0.2) is 0 Å². The molecule has 0 aliphatic heterocycles. The van der Waals surface area contributed by atoms with E-state index in [4.69, 9.17) is 0 Å². The molecule has 68 valence electrons. The van der Waals surface area contributed by atoms with Crippen LogP contribution in [0.3, 0.4) is 0 Å². The van der Waals surface area contributed by atoms with Gasteiger partial charge in [0.2, 0.25) is 0 Å². The van der Waals surface area contributed by atoms with Crippen molar-refractivity contribution in [1.29, 1.82) is 0 Å². The van der Waals surface area contributed by atoms with Crippen LogP contribution in [0.1, 0.15) is 25.3 Å². The summed E-state index contributed by atoms with van der Waals surface area (Å²) in [7, 11) is 2.05. The van der Waals surface area contributed by atoms with Gasteiger partial charge in [-0.1, -0.05) is 13.3 Å². The summed E-state index contributed by atoms with van der Waals surface area (Å²) >= 11 is 1.78. The van der Waals surface area contributed by atoms with E-state index in [2.05, 4.69) is 29.1 Å². The monoisotopic (exact) mass is 183 g/mol. The number of hydrogen-bond donors (Lipinski definition) is 1. The Morgan fingerprint density at radius 2 is 2.42 bits per heavy atom. The zero-order valence-corrected chi connectivity index (χ0v) is 8.66. The molecule has 0 aliphatic carbocycles. The molecule has 1 nitrogen and oxygen atoms in total. The van der Waals surface area contributed by atoms with Crippen molar-refractivity contribution in [3.05, 3.63) is 22.4 Å². The smallest absolute Gasteiger partial charge is 0.0105 e. The van der Waals surface area contributed by atoms with Crippen LogP contribution < -0.4 is 5.32 Å². The van der Waals surface area contributed by atoms with Crippen LogP contribution in [0.25, 0.3) is 0 Å². The van der Waals surface area contributed by atoms with Crippen molar-refractivity contribution in [2.45, 2.75) is 32.2 Å². The van der Waals surface area contributed by atoms with Crippen LogP contribution in [0.5, 0.6) is 0 Å². The Kier molecular flexibility index (Phi) is 4.33. The molecule has 0 aromatic carbocycles. The van der Waals surface area contributed by atoms with E-state index in [1.165, 1.54) is 24.8 Å². The maximum Gasteiger partial charge on any atom is 0.0105 e. The second-order valence-electron chi connectivity index (χ2n) is 3.11. The third-order valence-corrected chi connectivity index (χ3v) is 2.84. The fourth-order valence-corrected chi connectivity index (χ4v) is 2.07. The minimum atomic E-state index is 0.657. The molecule has 0 saturated carbocycles. The third kappa shape index (κ3) is 2.95. The van der Waals surface area contributed by atoms with Crippen molar-refractivity contribution in [3.63, 3.8) is 0 Å². The molecule has 0 saturated heterocycles. The number of likely N-dealkylation sites (N-methyl/N-ethyl adjacent to an activating group) is 1. The average molecular weight is 183 g/mol. The van der Waals surface area contributed by atoms with Gasteiger partial charge in [0.25, 0.3) is 0 Å². The molecule has 1 aromatic heterocycles. The summed E-state index contributed by atoms with van der Waals surface area (Å²) < 4.78 is 0. The highest BCUT2D eigenvalue weighted by molar-refractivity contribution is 7.07. The molecule has 1 unspecified atom stereocenters. The Morgan fingerprint density at radius 3 is 2.92 bits per heavy atom. The fraction of sp³-hybridized carbons (Fsp3) is 0.600. The first-order chi connectivity index (χ1) is 5.86. The molecule has 0 aliphatic rings. The summed E-state index contributed by atoms with van der Waals surface area (Å²) in [4.78, 5) is 0. The Labute approximate surface area is 78.8 Å². The highest BCUT2D eigenvalue weighted by Crippen LogP contribution is 2.10. The number of thiophene rings is 1. The van der Waals surface area contributed by atoms with E-state index in [0.717, 1.165) is 0 Å². The van der Waals surface area contributed by atoms with Crippen LogP contribution >= 0.6 is 11.3 Å². The van der Waals surface area contributed by atoms with Crippen molar-refractivity contribution >= 4 is 11.3 Å².